The van der Waals surface area contributed by atoms with E-state index in [1.165, 1.54) is 0 Å². The molecule has 0 radical (unpaired) electrons. The molecule has 16 heavy (non-hydrogen) atoms. The molecule has 0 bridgehead atoms. The monoisotopic (exact) mass is 262 g/mol. The molecule has 0 aromatic rings. The quantitative estimate of drug-likeness (QED) is 0.352. The van der Waals surface area contributed by atoms with E-state index in [0.29, 0.717) is 6.42 Å². The summed E-state index contributed by atoms with van der Waals surface area (Å²) in [4.78, 5) is 21.5. The molecule has 0 aliphatic rings. The van der Waals surface area contributed by atoms with Crippen LogP contribution in [0.25, 0.3) is 0 Å². The van der Waals surface area contributed by atoms with E-state index in [1.54, 1.807) is 6.92 Å². The van der Waals surface area contributed by atoms with Crippen LogP contribution in [0.2, 0.25) is 0 Å². The van der Waals surface area contributed by atoms with Crippen LogP contribution in [0, 0.1) is 11.3 Å². The minimum atomic E-state index is -1.88. The minimum Gasteiger partial charge on any atom is -0.549 e. The van der Waals surface area contributed by atoms with Crippen molar-refractivity contribution in [1.29, 1.82) is 0 Å². The molecule has 4 nitrogen and oxygen atoms in total. The number of carboxylic acids is 2. The van der Waals surface area contributed by atoms with Crippen molar-refractivity contribution in [2.75, 3.05) is 0 Å². The Hall–Kier alpha value is 1.58. The third kappa shape index (κ3) is 5.95. The van der Waals surface area contributed by atoms with Gasteiger partial charge in [0.1, 0.15) is 0 Å². The average Bonchev–Trinajstić information content (AvgIpc) is 2.11. The Balaban J connectivity index is -0.000000845. The van der Waals surface area contributed by atoms with E-state index >= 15 is 0 Å². The zero-order chi connectivity index (χ0) is 11.4. The molecule has 0 saturated heterocycles. The topological polar surface area (TPSA) is 80.3 Å². The van der Waals surface area contributed by atoms with Gasteiger partial charge in [-0.05, 0) is 19.3 Å². The zero-order valence-electron chi connectivity index (χ0n) is 10.8. The van der Waals surface area contributed by atoms with Crippen LogP contribution in [0.3, 0.4) is 0 Å². The molecule has 0 aromatic carbocycles. The van der Waals surface area contributed by atoms with E-state index in [4.69, 9.17) is 0 Å². The summed E-state index contributed by atoms with van der Waals surface area (Å²) >= 11 is 0. The molecule has 1 atom stereocenters. The SMILES string of the molecule is CCCCC(C)C(C)(C(=O)[O-])C(=O)[O-].[K+].[Na+]. The fourth-order valence-corrected chi connectivity index (χ4v) is 1.28. The molecule has 0 amide bonds. The smallest absolute Gasteiger partial charge is 0.549 e. The molecule has 0 aliphatic carbocycles. The first-order chi connectivity index (χ1) is 6.37. The van der Waals surface area contributed by atoms with Crippen LogP contribution < -0.4 is 91.2 Å². The summed E-state index contributed by atoms with van der Waals surface area (Å²) < 4.78 is 0. The number of unbranched alkanes of at least 4 members (excludes halogenated alkanes) is 1. The van der Waals surface area contributed by atoms with Crippen molar-refractivity contribution in [2.45, 2.75) is 40.0 Å². The molecule has 0 N–H and O–H groups in total. The van der Waals surface area contributed by atoms with E-state index < -0.39 is 23.3 Å². The van der Waals surface area contributed by atoms with Crippen molar-refractivity contribution >= 4 is 11.9 Å². The van der Waals surface area contributed by atoms with Crippen LogP contribution in [0.4, 0.5) is 0 Å². The maximum Gasteiger partial charge on any atom is 1.00 e. The molecule has 6 heteroatoms. The van der Waals surface area contributed by atoms with E-state index in [1.807, 2.05) is 6.92 Å². The first-order valence-corrected chi connectivity index (χ1v) is 4.80. The molecule has 0 heterocycles. The number of carbonyl (C=O) groups is 2. The molecular formula is C10H16KNaO4. The van der Waals surface area contributed by atoms with Gasteiger partial charge in [0.15, 0.2) is 0 Å². The summed E-state index contributed by atoms with van der Waals surface area (Å²) in [5.41, 5.74) is -1.88. The minimum absolute atomic E-state index is 0. The van der Waals surface area contributed by atoms with Gasteiger partial charge in [0, 0.05) is 5.41 Å². The predicted molar refractivity (Wildman–Crippen MR) is 46.8 cm³/mol. The van der Waals surface area contributed by atoms with Crippen molar-refractivity contribution in [3.8, 4) is 0 Å². The largest absolute Gasteiger partial charge is 1.00 e. The van der Waals surface area contributed by atoms with Gasteiger partial charge in [-0.1, -0.05) is 26.7 Å². The van der Waals surface area contributed by atoms with E-state index in [0.717, 1.165) is 19.8 Å². The van der Waals surface area contributed by atoms with Crippen LogP contribution in [0.1, 0.15) is 40.0 Å². The van der Waals surface area contributed by atoms with Gasteiger partial charge >= 0.3 is 80.9 Å². The summed E-state index contributed by atoms with van der Waals surface area (Å²) in [5, 5.41) is 21.5. The first-order valence-electron chi connectivity index (χ1n) is 4.80. The fraction of sp³-hybridized carbons (Fsp3) is 0.800. The maximum absolute atomic E-state index is 10.7. The van der Waals surface area contributed by atoms with Crippen LogP contribution in [-0.2, 0) is 9.59 Å². The Morgan fingerprint density at radius 2 is 1.62 bits per heavy atom. The van der Waals surface area contributed by atoms with Crippen molar-refractivity contribution in [1.82, 2.24) is 0 Å². The Morgan fingerprint density at radius 3 is 1.88 bits per heavy atom. The molecule has 0 rings (SSSR count). The third-order valence-corrected chi connectivity index (χ3v) is 2.82. The van der Waals surface area contributed by atoms with Crippen molar-refractivity contribution in [3.63, 3.8) is 0 Å². The molecular weight excluding hydrogens is 246 g/mol. The Morgan fingerprint density at radius 1 is 1.25 bits per heavy atom. The van der Waals surface area contributed by atoms with Gasteiger partial charge in [-0.3, -0.25) is 0 Å². The van der Waals surface area contributed by atoms with Crippen molar-refractivity contribution in [2.24, 2.45) is 11.3 Å². The zero-order valence-corrected chi connectivity index (χ0v) is 16.0. The second-order valence-corrected chi connectivity index (χ2v) is 3.82. The summed E-state index contributed by atoms with van der Waals surface area (Å²) in [6.45, 7) is 4.71. The Labute approximate surface area is 161 Å². The van der Waals surface area contributed by atoms with Gasteiger partial charge in [-0.2, -0.15) is 0 Å². The normalized spacial score (nSPS) is 11.9. The summed E-state index contributed by atoms with van der Waals surface area (Å²) in [7, 11) is 0. The molecule has 82 valence electrons. The number of carbonyl (C=O) groups excluding carboxylic acids is 2. The second-order valence-electron chi connectivity index (χ2n) is 3.82. The second kappa shape index (κ2) is 10.5. The first kappa shape index (κ1) is 22.7. The van der Waals surface area contributed by atoms with Crippen molar-refractivity contribution < 1.29 is 101 Å². The number of aliphatic carboxylic acids is 2. The Kier molecular flexibility index (Phi) is 14.9. The summed E-state index contributed by atoms with van der Waals surface area (Å²) in [6, 6.07) is 0. The maximum atomic E-state index is 10.7. The van der Waals surface area contributed by atoms with Gasteiger partial charge < -0.3 is 19.8 Å². The van der Waals surface area contributed by atoms with Gasteiger partial charge in [-0.25, -0.2) is 0 Å². The Bertz CT molecular complexity index is 219. The van der Waals surface area contributed by atoms with E-state index in [2.05, 4.69) is 0 Å². The van der Waals surface area contributed by atoms with E-state index in [9.17, 15) is 19.8 Å². The number of hydrogen-bond acceptors (Lipinski definition) is 4. The molecule has 0 saturated carbocycles. The predicted octanol–water partition coefficient (Wildman–Crippen LogP) is -6.67. The number of rotatable bonds is 6. The molecule has 0 spiro atoms. The van der Waals surface area contributed by atoms with Crippen LogP contribution >= 0.6 is 0 Å². The van der Waals surface area contributed by atoms with Crippen molar-refractivity contribution in [3.05, 3.63) is 0 Å². The van der Waals surface area contributed by atoms with Crippen LogP contribution in [0.15, 0.2) is 0 Å². The van der Waals surface area contributed by atoms with Gasteiger partial charge in [0.25, 0.3) is 0 Å². The molecule has 0 fully saturated rings. The molecule has 1 unspecified atom stereocenters. The summed E-state index contributed by atoms with van der Waals surface area (Å²) in [5.74, 6) is -3.61. The third-order valence-electron chi connectivity index (χ3n) is 2.82. The van der Waals surface area contributed by atoms with Gasteiger partial charge in [-0.15, -0.1) is 0 Å². The van der Waals surface area contributed by atoms with Gasteiger partial charge in [0.2, 0.25) is 0 Å². The fourth-order valence-electron chi connectivity index (χ4n) is 1.28. The number of hydrogen-bond donors (Lipinski definition) is 0. The van der Waals surface area contributed by atoms with Gasteiger partial charge in [0.05, 0.1) is 11.9 Å². The van der Waals surface area contributed by atoms with E-state index in [-0.39, 0.29) is 80.9 Å². The number of carboxylic acid groups (broad SMARTS) is 2. The summed E-state index contributed by atoms with van der Waals surface area (Å²) in [6.07, 6.45) is 2.26. The molecule has 0 aliphatic heterocycles. The van der Waals surface area contributed by atoms with Crippen LogP contribution in [0.5, 0.6) is 0 Å². The standard InChI is InChI=1S/C10H18O4.K.Na/c1-4-5-6-7(2)10(3,8(11)12)9(13)14;;/h7H,4-6H2,1-3H3,(H,11,12)(H,13,14);;/q;2*+1/p-2. The average molecular weight is 262 g/mol. The van der Waals surface area contributed by atoms with Crippen LogP contribution in [-0.4, -0.2) is 11.9 Å². The molecule has 0 aromatic heterocycles.